The number of unbranched alkanes of at least 4 members (excludes halogenated alkanes) is 1. The Bertz CT molecular complexity index is 1560. The molecule has 2 aromatic carbocycles. The monoisotopic (exact) mass is 839 g/mol. The second-order valence-electron chi connectivity index (χ2n) is 11.9. The van der Waals surface area contributed by atoms with Gasteiger partial charge in [-0.15, -0.1) is 0 Å². The van der Waals surface area contributed by atoms with E-state index in [-0.39, 0.29) is 50.8 Å². The summed E-state index contributed by atoms with van der Waals surface area (Å²) < 4.78 is 0.876. The van der Waals surface area contributed by atoms with Crippen LogP contribution in [0.3, 0.4) is 0 Å². The largest absolute Gasteiger partial charge is 0.481 e. The molecule has 0 aliphatic carbocycles. The van der Waals surface area contributed by atoms with Gasteiger partial charge in [0, 0.05) is 35.1 Å². The molecule has 9 N–H and O–H groups in total. The Labute approximate surface area is 312 Å². The van der Waals surface area contributed by atoms with Crippen LogP contribution in [0.4, 0.5) is 4.79 Å². The van der Waals surface area contributed by atoms with Crippen molar-refractivity contribution in [1.29, 1.82) is 0 Å². The van der Waals surface area contributed by atoms with Gasteiger partial charge in [-0.3, -0.25) is 19.2 Å². The van der Waals surface area contributed by atoms with E-state index in [2.05, 4.69) is 49.2 Å². The van der Waals surface area contributed by atoms with Crippen LogP contribution in [0.5, 0.6) is 0 Å². The first kappa shape index (κ1) is 43.1. The van der Waals surface area contributed by atoms with Gasteiger partial charge in [-0.1, -0.05) is 30.3 Å². The number of carbonyl (C=O) groups excluding carboxylic acids is 4. The molecule has 4 amide bonds. The summed E-state index contributed by atoms with van der Waals surface area (Å²) in [5.41, 5.74) is -0.664. The van der Waals surface area contributed by atoms with Gasteiger partial charge >= 0.3 is 29.9 Å². The first-order valence-corrected chi connectivity index (χ1v) is 17.3. The van der Waals surface area contributed by atoms with Crippen molar-refractivity contribution in [1.82, 2.24) is 26.6 Å². The summed E-state index contributed by atoms with van der Waals surface area (Å²) in [6.45, 7) is -0.195. The minimum Gasteiger partial charge on any atom is -0.481 e. The van der Waals surface area contributed by atoms with Gasteiger partial charge in [0.2, 0.25) is 5.91 Å². The first-order chi connectivity index (χ1) is 24.6. The van der Waals surface area contributed by atoms with Gasteiger partial charge in [-0.25, -0.2) is 14.4 Å². The van der Waals surface area contributed by atoms with Crippen LogP contribution in [0, 0.1) is 3.57 Å². The molecule has 0 heterocycles. The van der Waals surface area contributed by atoms with Crippen LogP contribution < -0.4 is 26.6 Å². The highest BCUT2D eigenvalue weighted by molar-refractivity contribution is 14.1. The topological polar surface area (TPSA) is 278 Å². The number of aldehydes is 1. The van der Waals surface area contributed by atoms with Crippen LogP contribution in [0.1, 0.15) is 60.9 Å². The molecule has 17 nitrogen and oxygen atoms in total. The average Bonchev–Trinajstić information content (AvgIpc) is 3.10. The van der Waals surface area contributed by atoms with Gasteiger partial charge in [0.1, 0.15) is 23.9 Å². The van der Waals surface area contributed by atoms with Crippen LogP contribution in [-0.4, -0.2) is 105 Å². The summed E-state index contributed by atoms with van der Waals surface area (Å²) in [6, 6.07) is 10.5. The number of halogens is 1. The van der Waals surface area contributed by atoms with E-state index in [1.165, 1.54) is 0 Å². The number of carboxylic acid groups (broad SMARTS) is 4. The maximum atomic E-state index is 13.4. The molecule has 0 unspecified atom stereocenters. The molecule has 0 saturated heterocycles. The number of amides is 4. The Hall–Kier alpha value is -5.11. The van der Waals surface area contributed by atoms with Gasteiger partial charge in [0.25, 0.3) is 5.91 Å². The van der Waals surface area contributed by atoms with Crippen molar-refractivity contribution < 1.29 is 58.8 Å². The zero-order valence-electron chi connectivity index (χ0n) is 28.0. The van der Waals surface area contributed by atoms with E-state index in [0.717, 1.165) is 9.13 Å². The smallest absolute Gasteiger partial charge is 0.326 e. The highest BCUT2D eigenvalue weighted by Crippen LogP contribution is 2.15. The van der Waals surface area contributed by atoms with Gasteiger partial charge in [-0.05, 0) is 90.9 Å². The van der Waals surface area contributed by atoms with Crippen molar-refractivity contribution in [3.05, 3.63) is 69.3 Å². The number of hydrogen-bond donors (Lipinski definition) is 9. The third kappa shape index (κ3) is 15.8. The van der Waals surface area contributed by atoms with Crippen molar-refractivity contribution in [2.75, 3.05) is 13.1 Å². The highest BCUT2D eigenvalue weighted by Gasteiger charge is 2.34. The van der Waals surface area contributed by atoms with Crippen molar-refractivity contribution in [2.45, 2.75) is 75.0 Å². The zero-order chi connectivity index (χ0) is 38.7. The van der Waals surface area contributed by atoms with Crippen LogP contribution in [0.15, 0.2) is 54.6 Å². The molecule has 0 fully saturated rings. The number of benzene rings is 2. The van der Waals surface area contributed by atoms with Gasteiger partial charge < -0.3 is 51.8 Å². The third-order valence-electron chi connectivity index (χ3n) is 7.82. The number of hydrogen-bond acceptors (Lipinski definition) is 9. The van der Waals surface area contributed by atoms with Crippen LogP contribution in [-0.2, 0) is 35.2 Å². The predicted octanol–water partition coefficient (Wildman–Crippen LogP) is 1.38. The molecule has 18 heteroatoms. The molecule has 2 rings (SSSR count). The average molecular weight is 840 g/mol. The van der Waals surface area contributed by atoms with Gasteiger partial charge in [0.05, 0.1) is 6.04 Å². The summed E-state index contributed by atoms with van der Waals surface area (Å²) in [5.74, 6) is -6.42. The molecule has 2 aromatic rings. The fourth-order valence-electron chi connectivity index (χ4n) is 4.92. The van der Waals surface area contributed by atoms with E-state index in [4.69, 9.17) is 5.11 Å². The number of carbonyl (C=O) groups is 8. The van der Waals surface area contributed by atoms with E-state index < -0.39 is 84.6 Å². The highest BCUT2D eigenvalue weighted by atomic mass is 127. The Morgan fingerprint density at radius 3 is 1.90 bits per heavy atom. The lowest BCUT2D eigenvalue weighted by molar-refractivity contribution is -0.141. The summed E-state index contributed by atoms with van der Waals surface area (Å²) in [6.07, 6.45) is -0.614. The number of nitrogens with one attached hydrogen (secondary N) is 5. The molecule has 0 radical (unpaired) electrons. The van der Waals surface area contributed by atoms with Crippen molar-refractivity contribution >= 4 is 70.6 Å². The summed E-state index contributed by atoms with van der Waals surface area (Å²) in [4.78, 5) is 96.5. The summed E-state index contributed by atoms with van der Waals surface area (Å²) >= 11 is 2.07. The lowest BCUT2D eigenvalue weighted by Crippen LogP contribution is -2.59. The minimum absolute atomic E-state index is 0.0805. The fourth-order valence-corrected chi connectivity index (χ4v) is 5.28. The molecule has 282 valence electrons. The number of rotatable bonds is 24. The molecule has 0 spiro atoms. The zero-order valence-corrected chi connectivity index (χ0v) is 30.2. The molecule has 0 aliphatic heterocycles. The summed E-state index contributed by atoms with van der Waals surface area (Å²) in [5, 5.41) is 49.5. The quantitative estimate of drug-likeness (QED) is 0.0411. The molecule has 52 heavy (non-hydrogen) atoms. The second-order valence-corrected chi connectivity index (χ2v) is 13.1. The van der Waals surface area contributed by atoms with Crippen molar-refractivity contribution in [3.8, 4) is 0 Å². The maximum absolute atomic E-state index is 13.4. The van der Waals surface area contributed by atoms with Crippen LogP contribution in [0.2, 0.25) is 0 Å². The van der Waals surface area contributed by atoms with E-state index >= 15 is 0 Å². The molecular weight excluding hydrogens is 797 g/mol. The number of carboxylic acids is 4. The molecule has 0 bridgehead atoms. The van der Waals surface area contributed by atoms with Crippen LogP contribution >= 0.6 is 22.6 Å². The fraction of sp³-hybridized carbons (Fsp3) is 0.412. The molecular formula is C34H42IN5O12. The molecule has 0 saturated carbocycles. The van der Waals surface area contributed by atoms with Crippen molar-refractivity contribution in [2.24, 2.45) is 0 Å². The molecule has 0 aliphatic rings. The summed E-state index contributed by atoms with van der Waals surface area (Å²) in [7, 11) is 0. The molecule has 0 aromatic heterocycles. The lowest BCUT2D eigenvalue weighted by atomic mass is 9.93. The normalized spacial score (nSPS) is 13.6. The van der Waals surface area contributed by atoms with E-state index in [1.807, 2.05) is 0 Å². The van der Waals surface area contributed by atoms with Crippen molar-refractivity contribution in [3.63, 3.8) is 0 Å². The Kier molecular flexibility index (Phi) is 18.2. The standard InChI is InChI=1S/C34H42IN5O12/c35-23-11-9-22(10-12-23)29(46)40-34(20-41,16-15-28(44)45)19-37-26(18-21-6-2-1-3-7-21)30(47)36-17-5-4-8-24(31(48)49)38-33(52)39-25(32(50)51)13-14-27(42)43/h1-3,6-7,9-12,20,24-26,37H,4-5,8,13-19H2,(H,36,47)(H,40,46)(H,42,43)(H,44,45)(H,48,49)(H,50,51)(H2,38,39,52)/t24-,25-,26-,34-/m0/s1. The van der Waals surface area contributed by atoms with Gasteiger partial charge in [-0.2, -0.15) is 0 Å². The predicted molar refractivity (Wildman–Crippen MR) is 192 cm³/mol. The Morgan fingerprint density at radius 2 is 1.35 bits per heavy atom. The van der Waals surface area contributed by atoms with E-state index in [1.54, 1.807) is 54.6 Å². The number of aliphatic carboxylic acids is 4. The Morgan fingerprint density at radius 1 is 0.750 bits per heavy atom. The number of urea groups is 1. The van der Waals surface area contributed by atoms with E-state index in [9.17, 15) is 53.7 Å². The molecule has 4 atom stereocenters. The minimum atomic E-state index is -1.68. The first-order valence-electron chi connectivity index (χ1n) is 16.2. The van der Waals surface area contributed by atoms with E-state index in [0.29, 0.717) is 6.29 Å². The SMILES string of the molecule is O=C[C@](CCC(=O)O)(CN[C@@H](Cc1ccccc1)C(=O)NCCCC[C@H](NC(=O)N[C@@H](CCC(=O)O)C(=O)O)C(=O)O)NC(=O)c1ccc(I)cc1. The van der Waals surface area contributed by atoms with Crippen LogP contribution in [0.25, 0.3) is 0 Å². The third-order valence-corrected chi connectivity index (χ3v) is 8.53. The second kappa shape index (κ2) is 22.0. The van der Waals surface area contributed by atoms with Gasteiger partial charge in [0.15, 0.2) is 0 Å². The lowest BCUT2D eigenvalue weighted by Gasteiger charge is -2.31. The Balaban J connectivity index is 2.06. The maximum Gasteiger partial charge on any atom is 0.326 e.